The van der Waals surface area contributed by atoms with Crippen molar-refractivity contribution in [3.05, 3.63) is 53.3 Å². The van der Waals surface area contributed by atoms with Gasteiger partial charge >= 0.3 is 6.18 Å². The number of nitrogens with one attached hydrogen (secondary N) is 1. The Labute approximate surface area is 130 Å². The third-order valence-electron chi connectivity index (χ3n) is 3.06. The summed E-state index contributed by atoms with van der Waals surface area (Å²) in [6, 6.07) is 5.76. The summed E-state index contributed by atoms with van der Waals surface area (Å²) in [7, 11) is 1.30. The second-order valence-electron chi connectivity index (χ2n) is 4.61. The molecule has 0 saturated heterocycles. The van der Waals surface area contributed by atoms with Gasteiger partial charge in [-0.1, -0.05) is 0 Å². The maximum absolute atomic E-state index is 12.8. The van der Waals surface area contributed by atoms with Crippen LogP contribution in [0.25, 0.3) is 0 Å². The van der Waals surface area contributed by atoms with Crippen molar-refractivity contribution in [3.8, 4) is 5.75 Å². The van der Waals surface area contributed by atoms with Gasteiger partial charge in [-0.15, -0.1) is 0 Å². The molecule has 23 heavy (non-hydrogen) atoms. The zero-order valence-electron chi connectivity index (χ0n) is 12.1. The molecule has 1 aromatic carbocycles. The first kappa shape index (κ1) is 16.8. The number of nitrogens with zero attached hydrogens (tertiary/aromatic N) is 1. The molecule has 1 aromatic heterocycles. The Hall–Kier alpha value is -2.61. The van der Waals surface area contributed by atoms with E-state index in [1.54, 1.807) is 0 Å². The smallest absolute Gasteiger partial charge is 0.416 e. The van der Waals surface area contributed by atoms with Crippen LogP contribution in [0.15, 0.2) is 36.5 Å². The zero-order chi connectivity index (χ0) is 17.0. The highest BCUT2D eigenvalue weighted by atomic mass is 19.4. The number of amides is 1. The van der Waals surface area contributed by atoms with Crippen LogP contribution in [0.5, 0.6) is 5.75 Å². The summed E-state index contributed by atoms with van der Waals surface area (Å²) in [6.45, 7) is 0.147. The molecule has 0 aliphatic carbocycles. The highest BCUT2D eigenvalue weighted by molar-refractivity contribution is 6.05. The van der Waals surface area contributed by atoms with Crippen LogP contribution < -0.4 is 15.8 Å². The molecule has 0 aliphatic rings. The number of carbonyl (C=O) groups is 1. The third kappa shape index (κ3) is 3.98. The maximum Gasteiger partial charge on any atom is 0.416 e. The molecule has 8 heteroatoms. The Morgan fingerprint density at radius 3 is 2.65 bits per heavy atom. The van der Waals surface area contributed by atoms with Crippen LogP contribution in [-0.2, 0) is 12.7 Å². The van der Waals surface area contributed by atoms with E-state index in [1.165, 1.54) is 25.4 Å². The lowest BCUT2D eigenvalue weighted by molar-refractivity contribution is -0.137. The molecule has 0 bridgehead atoms. The Balaban J connectivity index is 2.32. The Morgan fingerprint density at radius 1 is 1.30 bits per heavy atom. The Kier molecular flexibility index (Phi) is 4.85. The third-order valence-corrected chi connectivity index (χ3v) is 3.06. The summed E-state index contributed by atoms with van der Waals surface area (Å²) in [4.78, 5) is 16.1. The van der Waals surface area contributed by atoms with E-state index >= 15 is 0 Å². The summed E-state index contributed by atoms with van der Waals surface area (Å²) in [5, 5.41) is 2.41. The molecular formula is C15H14F3N3O2. The molecule has 0 aliphatic heterocycles. The fraction of sp³-hybridized carbons (Fsp3) is 0.200. The van der Waals surface area contributed by atoms with Gasteiger partial charge < -0.3 is 15.8 Å². The lowest BCUT2D eigenvalue weighted by Crippen LogP contribution is -2.15. The topological polar surface area (TPSA) is 77.2 Å². The molecule has 1 amide bonds. The van der Waals surface area contributed by atoms with Gasteiger partial charge in [0, 0.05) is 18.3 Å². The number of benzene rings is 1. The molecule has 0 spiro atoms. The SMILES string of the molecule is COc1ccc(C(F)(F)F)cc1NC(=O)c1ccnc(CN)c1. The fourth-order valence-electron chi connectivity index (χ4n) is 1.91. The number of methoxy groups -OCH3 is 1. The number of alkyl halides is 3. The lowest BCUT2D eigenvalue weighted by atomic mass is 10.1. The van der Waals surface area contributed by atoms with Crippen molar-refractivity contribution in [1.29, 1.82) is 0 Å². The normalized spacial score (nSPS) is 11.2. The van der Waals surface area contributed by atoms with Crippen LogP contribution >= 0.6 is 0 Å². The van der Waals surface area contributed by atoms with Gasteiger partial charge in [0.15, 0.2) is 0 Å². The Morgan fingerprint density at radius 2 is 2.04 bits per heavy atom. The van der Waals surface area contributed by atoms with Gasteiger partial charge in [-0.25, -0.2) is 0 Å². The van der Waals surface area contributed by atoms with E-state index in [0.29, 0.717) is 5.69 Å². The molecule has 0 fully saturated rings. The van der Waals surface area contributed by atoms with Gasteiger partial charge in [0.25, 0.3) is 5.91 Å². The number of ether oxygens (including phenoxy) is 1. The van der Waals surface area contributed by atoms with Crippen molar-refractivity contribution in [1.82, 2.24) is 4.98 Å². The predicted molar refractivity (Wildman–Crippen MR) is 78.1 cm³/mol. The number of pyridine rings is 1. The molecule has 1 heterocycles. The molecule has 3 N–H and O–H groups in total. The van der Waals surface area contributed by atoms with Gasteiger partial charge in [-0.3, -0.25) is 9.78 Å². The van der Waals surface area contributed by atoms with Gasteiger partial charge in [0.05, 0.1) is 24.1 Å². The highest BCUT2D eigenvalue weighted by Crippen LogP contribution is 2.35. The van der Waals surface area contributed by atoms with E-state index in [4.69, 9.17) is 10.5 Å². The summed E-state index contributed by atoms with van der Waals surface area (Å²) in [6.07, 6.45) is -3.12. The highest BCUT2D eigenvalue weighted by Gasteiger charge is 2.31. The first-order chi connectivity index (χ1) is 10.8. The van der Waals surface area contributed by atoms with Crippen molar-refractivity contribution >= 4 is 11.6 Å². The Bertz CT molecular complexity index is 717. The van der Waals surface area contributed by atoms with Crippen LogP contribution in [0, 0.1) is 0 Å². The first-order valence-corrected chi connectivity index (χ1v) is 6.56. The van der Waals surface area contributed by atoms with Gasteiger partial charge in [-0.05, 0) is 30.3 Å². The fourth-order valence-corrected chi connectivity index (χ4v) is 1.91. The van der Waals surface area contributed by atoms with Gasteiger partial charge in [0.1, 0.15) is 5.75 Å². The minimum absolute atomic E-state index is 0.0709. The maximum atomic E-state index is 12.8. The van der Waals surface area contributed by atoms with E-state index in [1.807, 2.05) is 0 Å². The number of nitrogens with two attached hydrogens (primary N) is 1. The molecular weight excluding hydrogens is 311 g/mol. The molecule has 0 unspecified atom stereocenters. The average molecular weight is 325 g/mol. The monoisotopic (exact) mass is 325 g/mol. The molecule has 0 atom stereocenters. The zero-order valence-corrected chi connectivity index (χ0v) is 12.1. The van der Waals surface area contributed by atoms with Crippen molar-refractivity contribution in [2.75, 3.05) is 12.4 Å². The van der Waals surface area contributed by atoms with E-state index in [-0.39, 0.29) is 23.5 Å². The number of carbonyl (C=O) groups excluding carboxylic acids is 1. The summed E-state index contributed by atoms with van der Waals surface area (Å²) in [5.41, 5.74) is 5.22. The summed E-state index contributed by atoms with van der Waals surface area (Å²) >= 11 is 0. The summed E-state index contributed by atoms with van der Waals surface area (Å²) < 4.78 is 43.3. The minimum Gasteiger partial charge on any atom is -0.495 e. The van der Waals surface area contributed by atoms with Gasteiger partial charge in [-0.2, -0.15) is 13.2 Å². The number of rotatable bonds is 4. The molecule has 2 aromatic rings. The van der Waals surface area contributed by atoms with Crippen LogP contribution in [-0.4, -0.2) is 18.0 Å². The van der Waals surface area contributed by atoms with E-state index in [0.717, 1.165) is 18.2 Å². The largest absolute Gasteiger partial charge is 0.495 e. The minimum atomic E-state index is -4.52. The van der Waals surface area contributed by atoms with Crippen molar-refractivity contribution in [2.45, 2.75) is 12.7 Å². The predicted octanol–water partition coefficient (Wildman–Crippen LogP) is 2.82. The number of aromatic nitrogens is 1. The lowest BCUT2D eigenvalue weighted by Gasteiger charge is -2.14. The molecule has 0 radical (unpaired) electrons. The number of hydrogen-bond acceptors (Lipinski definition) is 4. The van der Waals surface area contributed by atoms with Gasteiger partial charge in [0.2, 0.25) is 0 Å². The number of hydrogen-bond donors (Lipinski definition) is 2. The molecule has 122 valence electrons. The summed E-state index contributed by atoms with van der Waals surface area (Å²) in [5.74, 6) is -0.459. The van der Waals surface area contributed by atoms with E-state index in [9.17, 15) is 18.0 Å². The van der Waals surface area contributed by atoms with Crippen LogP contribution in [0.4, 0.5) is 18.9 Å². The quantitative estimate of drug-likeness (QED) is 0.906. The second-order valence-corrected chi connectivity index (χ2v) is 4.61. The molecule has 5 nitrogen and oxygen atoms in total. The average Bonchev–Trinajstić information content (AvgIpc) is 2.54. The van der Waals surface area contributed by atoms with Crippen LogP contribution in [0.1, 0.15) is 21.6 Å². The van der Waals surface area contributed by atoms with E-state index < -0.39 is 17.6 Å². The van der Waals surface area contributed by atoms with Crippen molar-refractivity contribution < 1.29 is 22.7 Å². The van der Waals surface area contributed by atoms with Crippen LogP contribution in [0.2, 0.25) is 0 Å². The van der Waals surface area contributed by atoms with Crippen LogP contribution in [0.3, 0.4) is 0 Å². The molecule has 0 saturated carbocycles. The van der Waals surface area contributed by atoms with Crippen molar-refractivity contribution in [3.63, 3.8) is 0 Å². The number of anilines is 1. The standard InChI is InChI=1S/C15H14F3N3O2/c1-23-13-3-2-10(15(16,17)18)7-12(13)21-14(22)9-4-5-20-11(6-9)8-19/h2-7H,8,19H2,1H3,(H,21,22). The van der Waals surface area contributed by atoms with E-state index in [2.05, 4.69) is 10.3 Å². The second kappa shape index (κ2) is 6.66. The molecule has 2 rings (SSSR count). The number of halogens is 3. The van der Waals surface area contributed by atoms with Crippen molar-refractivity contribution in [2.24, 2.45) is 5.73 Å². The first-order valence-electron chi connectivity index (χ1n) is 6.56.